The molecule has 11 heavy (non-hydrogen) atoms. The maximum atomic E-state index is 9.34. The molecule has 1 N–H and O–H groups in total. The van der Waals surface area contributed by atoms with Crippen molar-refractivity contribution in [2.75, 3.05) is 11.5 Å². The van der Waals surface area contributed by atoms with Crippen LogP contribution in [0.15, 0.2) is 0 Å². The minimum absolute atomic E-state index is 0.0440. The molecule has 0 saturated carbocycles. The topological polar surface area (TPSA) is 20.2 Å². The van der Waals surface area contributed by atoms with E-state index in [-0.39, 0.29) is 6.10 Å². The average molecular weight is 176 g/mol. The van der Waals surface area contributed by atoms with E-state index in [1.807, 2.05) is 11.8 Å². The number of aliphatic hydroxyl groups is 1. The van der Waals surface area contributed by atoms with Gasteiger partial charge in [-0.2, -0.15) is 11.8 Å². The lowest BCUT2D eigenvalue weighted by Gasteiger charge is -2.07. The first-order chi connectivity index (χ1) is 5.31. The van der Waals surface area contributed by atoms with Gasteiger partial charge in [0.2, 0.25) is 0 Å². The predicted octanol–water partition coefficient (Wildman–Crippen LogP) is 2.68. The van der Waals surface area contributed by atoms with Crippen LogP contribution >= 0.6 is 11.8 Å². The van der Waals surface area contributed by atoms with Crippen molar-refractivity contribution in [3.8, 4) is 0 Å². The van der Waals surface area contributed by atoms with E-state index in [1.54, 1.807) is 0 Å². The van der Waals surface area contributed by atoms with E-state index in [4.69, 9.17) is 0 Å². The third-order valence-electron chi connectivity index (χ3n) is 1.65. The SMILES string of the molecule is CCCC(O)CCCSCC. The lowest BCUT2D eigenvalue weighted by molar-refractivity contribution is 0.153. The standard InChI is InChI=1S/C9H20OS/c1-3-6-9(10)7-5-8-11-4-2/h9-10H,3-8H2,1-2H3. The maximum Gasteiger partial charge on any atom is 0.0540 e. The highest BCUT2D eigenvalue weighted by molar-refractivity contribution is 7.99. The van der Waals surface area contributed by atoms with Gasteiger partial charge in [0.25, 0.3) is 0 Å². The van der Waals surface area contributed by atoms with Crippen LogP contribution in [0.3, 0.4) is 0 Å². The van der Waals surface area contributed by atoms with Crippen LogP contribution in [0.5, 0.6) is 0 Å². The van der Waals surface area contributed by atoms with Crippen LogP contribution in [-0.2, 0) is 0 Å². The Morgan fingerprint density at radius 1 is 1.27 bits per heavy atom. The monoisotopic (exact) mass is 176 g/mol. The van der Waals surface area contributed by atoms with Gasteiger partial charge in [-0.3, -0.25) is 0 Å². The van der Waals surface area contributed by atoms with Crippen LogP contribution in [0.2, 0.25) is 0 Å². The Morgan fingerprint density at radius 2 is 2.00 bits per heavy atom. The predicted molar refractivity (Wildman–Crippen MR) is 53.1 cm³/mol. The first kappa shape index (κ1) is 11.3. The molecule has 0 aromatic heterocycles. The van der Waals surface area contributed by atoms with E-state index < -0.39 is 0 Å². The molecule has 0 spiro atoms. The van der Waals surface area contributed by atoms with Gasteiger partial charge in [0.15, 0.2) is 0 Å². The molecule has 0 aromatic carbocycles. The van der Waals surface area contributed by atoms with E-state index in [0.717, 1.165) is 19.3 Å². The first-order valence-corrected chi connectivity index (χ1v) is 5.72. The molecule has 0 radical (unpaired) electrons. The van der Waals surface area contributed by atoms with Gasteiger partial charge < -0.3 is 5.11 Å². The molecule has 0 aliphatic rings. The highest BCUT2D eigenvalue weighted by Gasteiger charge is 2.00. The molecule has 1 atom stereocenters. The number of aliphatic hydroxyl groups excluding tert-OH is 1. The molecular formula is C9H20OS. The highest BCUT2D eigenvalue weighted by atomic mass is 32.2. The van der Waals surface area contributed by atoms with Gasteiger partial charge in [-0.05, 0) is 30.8 Å². The molecule has 0 aliphatic heterocycles. The third-order valence-corrected chi connectivity index (χ3v) is 2.64. The van der Waals surface area contributed by atoms with Crippen molar-refractivity contribution in [1.82, 2.24) is 0 Å². The van der Waals surface area contributed by atoms with Crippen molar-refractivity contribution in [3.63, 3.8) is 0 Å². The van der Waals surface area contributed by atoms with Gasteiger partial charge in [0.1, 0.15) is 0 Å². The Kier molecular flexibility index (Phi) is 8.64. The first-order valence-electron chi connectivity index (χ1n) is 4.57. The van der Waals surface area contributed by atoms with Crippen molar-refractivity contribution in [1.29, 1.82) is 0 Å². The van der Waals surface area contributed by atoms with Crippen molar-refractivity contribution in [2.24, 2.45) is 0 Å². The van der Waals surface area contributed by atoms with Gasteiger partial charge >= 0.3 is 0 Å². The molecule has 0 fully saturated rings. The van der Waals surface area contributed by atoms with E-state index in [1.165, 1.54) is 17.9 Å². The summed E-state index contributed by atoms with van der Waals surface area (Å²) in [6.07, 6.45) is 4.18. The van der Waals surface area contributed by atoms with E-state index in [2.05, 4.69) is 13.8 Å². The molecule has 0 rings (SSSR count). The molecule has 0 bridgehead atoms. The summed E-state index contributed by atoms with van der Waals surface area (Å²) in [5.74, 6) is 2.40. The minimum atomic E-state index is -0.0440. The molecular weight excluding hydrogens is 156 g/mol. The van der Waals surface area contributed by atoms with Crippen molar-refractivity contribution in [3.05, 3.63) is 0 Å². The van der Waals surface area contributed by atoms with Crippen molar-refractivity contribution >= 4 is 11.8 Å². The molecule has 0 aromatic rings. The lowest BCUT2D eigenvalue weighted by atomic mass is 10.1. The second-order valence-electron chi connectivity index (χ2n) is 2.78. The second kappa shape index (κ2) is 8.41. The van der Waals surface area contributed by atoms with Gasteiger partial charge in [0.05, 0.1) is 6.10 Å². The molecule has 0 amide bonds. The molecule has 1 unspecified atom stereocenters. The van der Waals surface area contributed by atoms with Gasteiger partial charge in [-0.1, -0.05) is 20.3 Å². The van der Waals surface area contributed by atoms with Crippen LogP contribution in [0.25, 0.3) is 0 Å². The second-order valence-corrected chi connectivity index (χ2v) is 4.18. The summed E-state index contributed by atoms with van der Waals surface area (Å²) >= 11 is 1.96. The average Bonchev–Trinajstić information content (AvgIpc) is 1.99. The van der Waals surface area contributed by atoms with E-state index in [0.29, 0.717) is 0 Å². The molecule has 0 aliphatic carbocycles. The van der Waals surface area contributed by atoms with Crippen LogP contribution in [0.1, 0.15) is 39.5 Å². The fourth-order valence-electron chi connectivity index (χ4n) is 1.04. The summed E-state index contributed by atoms with van der Waals surface area (Å²) in [5.41, 5.74) is 0. The Hall–Kier alpha value is 0.310. The summed E-state index contributed by atoms with van der Waals surface area (Å²) in [4.78, 5) is 0. The molecule has 68 valence electrons. The number of hydrogen-bond acceptors (Lipinski definition) is 2. The van der Waals surface area contributed by atoms with Gasteiger partial charge in [-0.25, -0.2) is 0 Å². The van der Waals surface area contributed by atoms with Crippen LogP contribution in [0.4, 0.5) is 0 Å². The summed E-state index contributed by atoms with van der Waals surface area (Å²) < 4.78 is 0. The van der Waals surface area contributed by atoms with Crippen LogP contribution < -0.4 is 0 Å². The summed E-state index contributed by atoms with van der Waals surface area (Å²) in [6.45, 7) is 4.29. The number of thioether (sulfide) groups is 1. The summed E-state index contributed by atoms with van der Waals surface area (Å²) in [5, 5.41) is 9.34. The van der Waals surface area contributed by atoms with Crippen LogP contribution in [-0.4, -0.2) is 22.7 Å². The smallest absolute Gasteiger partial charge is 0.0540 e. The third kappa shape index (κ3) is 8.21. The summed E-state index contributed by atoms with van der Waals surface area (Å²) in [6, 6.07) is 0. The summed E-state index contributed by atoms with van der Waals surface area (Å²) in [7, 11) is 0. The molecule has 0 heterocycles. The van der Waals surface area contributed by atoms with Gasteiger partial charge in [0, 0.05) is 0 Å². The van der Waals surface area contributed by atoms with Crippen LogP contribution in [0, 0.1) is 0 Å². The highest BCUT2D eigenvalue weighted by Crippen LogP contribution is 2.08. The Labute approximate surface area is 74.6 Å². The Balaban J connectivity index is 2.97. The molecule has 2 heteroatoms. The lowest BCUT2D eigenvalue weighted by Crippen LogP contribution is -2.05. The normalized spacial score (nSPS) is 13.4. The van der Waals surface area contributed by atoms with Gasteiger partial charge in [-0.15, -0.1) is 0 Å². The fraction of sp³-hybridized carbons (Fsp3) is 1.00. The Bertz CT molecular complexity index is 76.0. The van der Waals surface area contributed by atoms with E-state index >= 15 is 0 Å². The fourth-order valence-corrected chi connectivity index (χ4v) is 1.70. The van der Waals surface area contributed by atoms with E-state index in [9.17, 15) is 5.11 Å². The maximum absolute atomic E-state index is 9.34. The quantitative estimate of drug-likeness (QED) is 0.602. The van der Waals surface area contributed by atoms with Crippen molar-refractivity contribution in [2.45, 2.75) is 45.6 Å². The van der Waals surface area contributed by atoms with Crippen molar-refractivity contribution < 1.29 is 5.11 Å². The molecule has 1 nitrogen and oxygen atoms in total. The minimum Gasteiger partial charge on any atom is -0.393 e. The molecule has 0 saturated heterocycles. The number of rotatable bonds is 7. The Morgan fingerprint density at radius 3 is 2.55 bits per heavy atom. The zero-order chi connectivity index (χ0) is 8.53. The zero-order valence-electron chi connectivity index (χ0n) is 7.68. The number of hydrogen-bond donors (Lipinski definition) is 1. The largest absolute Gasteiger partial charge is 0.393 e. The zero-order valence-corrected chi connectivity index (χ0v) is 8.49.